The first kappa shape index (κ1) is 29.4. The van der Waals surface area contributed by atoms with E-state index in [1.807, 2.05) is 0 Å². The summed E-state index contributed by atoms with van der Waals surface area (Å²) in [5.41, 5.74) is 0.0645. The highest BCUT2D eigenvalue weighted by molar-refractivity contribution is 7.92. The van der Waals surface area contributed by atoms with E-state index in [-0.39, 0.29) is 47.3 Å². The molecule has 0 saturated heterocycles. The summed E-state index contributed by atoms with van der Waals surface area (Å²) >= 11 is 6.19. The molecule has 1 unspecified atom stereocenters. The van der Waals surface area contributed by atoms with E-state index < -0.39 is 44.3 Å². The standard InChI is InChI=1S/C28H22ClF4N3O5S/c1-16(26-21(29)6-3-7-22(26)30)12-17-8-10-24-23(13-17)36(15-19(40-24)9-11-25-34-35-27(37)41-25)42(38,39)20-5-2-4-18(14-20)28(31,32)33/h2-8,10,12-14,19H,9,11,15H2,1H3,(H,35,37). The molecule has 42 heavy (non-hydrogen) atoms. The van der Waals surface area contributed by atoms with Crippen LogP contribution in [0.4, 0.5) is 23.2 Å². The summed E-state index contributed by atoms with van der Waals surface area (Å²) < 4.78 is 94.4. The second-order valence-electron chi connectivity index (χ2n) is 9.50. The number of fused-ring (bicyclic) bond motifs is 1. The normalized spacial score (nSPS) is 15.8. The van der Waals surface area contributed by atoms with Crippen LogP contribution in [0.5, 0.6) is 5.75 Å². The monoisotopic (exact) mass is 623 g/mol. The summed E-state index contributed by atoms with van der Waals surface area (Å²) in [4.78, 5) is 10.7. The number of sulfonamides is 1. The summed E-state index contributed by atoms with van der Waals surface area (Å²) in [6.07, 6.45) is -3.62. The van der Waals surface area contributed by atoms with E-state index in [0.717, 1.165) is 22.5 Å². The SMILES string of the molecule is CC(=Cc1ccc2c(c1)N(S(=O)(=O)c1cccc(C(F)(F)F)c1)CC(CCc1n[nH]c(=O)o1)O2)c1c(F)cccc1Cl. The van der Waals surface area contributed by atoms with Crippen molar-refractivity contribution < 1.29 is 35.1 Å². The van der Waals surface area contributed by atoms with Crippen molar-refractivity contribution in [1.82, 2.24) is 10.2 Å². The van der Waals surface area contributed by atoms with E-state index in [1.165, 1.54) is 30.3 Å². The number of anilines is 1. The molecule has 0 bridgehead atoms. The molecule has 0 amide bonds. The summed E-state index contributed by atoms with van der Waals surface area (Å²) in [5, 5.41) is 6.05. The quantitative estimate of drug-likeness (QED) is 0.191. The van der Waals surface area contributed by atoms with Crippen LogP contribution in [0.25, 0.3) is 11.6 Å². The van der Waals surface area contributed by atoms with Gasteiger partial charge in [0.05, 0.1) is 27.7 Å². The fraction of sp³-hybridized carbons (Fsp3) is 0.214. The Hall–Kier alpha value is -4.10. The molecule has 4 aromatic rings. The van der Waals surface area contributed by atoms with Crippen molar-refractivity contribution in [3.8, 4) is 5.75 Å². The third kappa shape index (κ3) is 6.07. The van der Waals surface area contributed by atoms with Crippen LogP contribution in [-0.2, 0) is 22.6 Å². The number of rotatable bonds is 7. The molecule has 0 spiro atoms. The third-order valence-electron chi connectivity index (χ3n) is 6.57. The minimum absolute atomic E-state index is 0.0798. The van der Waals surface area contributed by atoms with Crippen LogP contribution >= 0.6 is 11.6 Å². The number of benzene rings is 3. The molecule has 220 valence electrons. The summed E-state index contributed by atoms with van der Waals surface area (Å²) in [7, 11) is -4.52. The topological polar surface area (TPSA) is 106 Å². The number of allylic oxidation sites excluding steroid dienone is 1. The molecular weight excluding hydrogens is 602 g/mol. The maximum absolute atomic E-state index is 14.5. The fourth-order valence-electron chi connectivity index (χ4n) is 4.61. The van der Waals surface area contributed by atoms with E-state index >= 15 is 0 Å². The van der Waals surface area contributed by atoms with Gasteiger partial charge >= 0.3 is 11.9 Å². The van der Waals surface area contributed by atoms with Crippen LogP contribution in [-0.4, -0.2) is 31.3 Å². The predicted octanol–water partition coefficient (Wildman–Crippen LogP) is 6.32. The summed E-state index contributed by atoms with van der Waals surface area (Å²) in [6.45, 7) is 1.38. The molecule has 1 aliphatic heterocycles. The molecule has 0 aliphatic carbocycles. The van der Waals surface area contributed by atoms with Crippen LogP contribution in [0.1, 0.15) is 35.9 Å². The molecule has 1 aliphatic rings. The first-order chi connectivity index (χ1) is 19.8. The Kier molecular flexibility index (Phi) is 7.90. The molecule has 1 N–H and O–H groups in total. The van der Waals surface area contributed by atoms with Gasteiger partial charge in [-0.15, -0.1) is 5.10 Å². The molecule has 5 rings (SSSR count). The van der Waals surface area contributed by atoms with E-state index in [9.17, 15) is 30.8 Å². The molecular formula is C28H22ClF4N3O5S. The third-order valence-corrected chi connectivity index (χ3v) is 8.66. The lowest BCUT2D eigenvalue weighted by Crippen LogP contribution is -2.43. The number of aryl methyl sites for hydroxylation is 1. The summed E-state index contributed by atoms with van der Waals surface area (Å²) in [6, 6.07) is 12.4. The molecule has 1 atom stereocenters. The Balaban J connectivity index is 1.55. The van der Waals surface area contributed by atoms with Gasteiger partial charge in [0.2, 0.25) is 5.89 Å². The van der Waals surface area contributed by atoms with Crippen molar-refractivity contribution in [1.29, 1.82) is 0 Å². The van der Waals surface area contributed by atoms with Crippen molar-refractivity contribution in [3.05, 3.63) is 105 Å². The molecule has 3 aromatic carbocycles. The van der Waals surface area contributed by atoms with E-state index in [4.69, 9.17) is 20.8 Å². The lowest BCUT2D eigenvalue weighted by Gasteiger charge is -2.35. The molecule has 0 saturated carbocycles. The van der Waals surface area contributed by atoms with Crippen molar-refractivity contribution in [2.24, 2.45) is 0 Å². The van der Waals surface area contributed by atoms with Gasteiger partial charge in [0.15, 0.2) is 0 Å². The van der Waals surface area contributed by atoms with Crippen molar-refractivity contribution in [3.63, 3.8) is 0 Å². The Bertz CT molecular complexity index is 1820. The number of nitrogens with one attached hydrogen (secondary N) is 1. The lowest BCUT2D eigenvalue weighted by molar-refractivity contribution is -0.137. The van der Waals surface area contributed by atoms with E-state index in [0.29, 0.717) is 17.2 Å². The Morgan fingerprint density at radius 1 is 1.17 bits per heavy atom. The number of ether oxygens (including phenoxy) is 1. The van der Waals surface area contributed by atoms with Crippen molar-refractivity contribution >= 4 is 39.0 Å². The number of alkyl halides is 3. The number of H-pyrrole nitrogens is 1. The highest BCUT2D eigenvalue weighted by Crippen LogP contribution is 2.40. The van der Waals surface area contributed by atoms with Crippen LogP contribution in [0.2, 0.25) is 5.02 Å². The fourth-order valence-corrected chi connectivity index (χ4v) is 6.46. The molecule has 1 aromatic heterocycles. The van der Waals surface area contributed by atoms with Crippen LogP contribution in [0.3, 0.4) is 0 Å². The minimum Gasteiger partial charge on any atom is -0.486 e. The van der Waals surface area contributed by atoms with Crippen LogP contribution < -0.4 is 14.8 Å². The smallest absolute Gasteiger partial charge is 0.434 e. The molecule has 8 nitrogen and oxygen atoms in total. The first-order valence-electron chi connectivity index (χ1n) is 12.5. The average Bonchev–Trinajstić information content (AvgIpc) is 3.36. The van der Waals surface area contributed by atoms with Gasteiger partial charge in [-0.05, 0) is 66.9 Å². The van der Waals surface area contributed by atoms with Gasteiger partial charge in [0, 0.05) is 12.0 Å². The maximum atomic E-state index is 14.5. The zero-order chi connectivity index (χ0) is 30.2. The van der Waals surface area contributed by atoms with E-state index in [1.54, 1.807) is 19.1 Å². The Labute approximate surface area is 242 Å². The highest BCUT2D eigenvalue weighted by atomic mass is 35.5. The number of nitrogens with zero attached hydrogens (tertiary/aromatic N) is 2. The van der Waals surface area contributed by atoms with Gasteiger partial charge in [-0.25, -0.2) is 22.7 Å². The molecule has 0 fully saturated rings. The van der Waals surface area contributed by atoms with Gasteiger partial charge < -0.3 is 9.15 Å². The van der Waals surface area contributed by atoms with Crippen LogP contribution in [0.15, 0.2) is 74.8 Å². The van der Waals surface area contributed by atoms with E-state index in [2.05, 4.69) is 10.2 Å². The largest absolute Gasteiger partial charge is 0.486 e. The second-order valence-corrected chi connectivity index (χ2v) is 11.8. The minimum atomic E-state index is -4.76. The van der Waals surface area contributed by atoms with Crippen molar-refractivity contribution in [2.75, 3.05) is 10.8 Å². The predicted molar refractivity (Wildman–Crippen MR) is 147 cm³/mol. The van der Waals surface area contributed by atoms with Crippen molar-refractivity contribution in [2.45, 2.75) is 36.9 Å². The Morgan fingerprint density at radius 3 is 2.62 bits per heavy atom. The first-order valence-corrected chi connectivity index (χ1v) is 14.3. The average molecular weight is 624 g/mol. The zero-order valence-corrected chi connectivity index (χ0v) is 23.4. The van der Waals surface area contributed by atoms with Gasteiger partial charge in [-0.2, -0.15) is 13.2 Å². The van der Waals surface area contributed by atoms with Gasteiger partial charge in [0.25, 0.3) is 10.0 Å². The zero-order valence-electron chi connectivity index (χ0n) is 21.8. The van der Waals surface area contributed by atoms with Gasteiger partial charge in [-0.1, -0.05) is 35.9 Å². The molecule has 0 radical (unpaired) electrons. The number of hydrogen-bond acceptors (Lipinski definition) is 6. The lowest BCUT2D eigenvalue weighted by atomic mass is 10.0. The highest BCUT2D eigenvalue weighted by Gasteiger charge is 2.37. The van der Waals surface area contributed by atoms with Gasteiger partial charge in [-0.3, -0.25) is 4.31 Å². The number of halogens is 5. The maximum Gasteiger partial charge on any atom is 0.434 e. The van der Waals surface area contributed by atoms with Gasteiger partial charge in [0.1, 0.15) is 17.7 Å². The number of aromatic amines is 1. The molecule has 2 heterocycles. The summed E-state index contributed by atoms with van der Waals surface area (Å²) in [5.74, 6) is -1.04. The number of aromatic nitrogens is 2. The van der Waals surface area contributed by atoms with Crippen LogP contribution in [0, 0.1) is 5.82 Å². The number of hydrogen-bond donors (Lipinski definition) is 1. The second kappa shape index (κ2) is 11.3. The Morgan fingerprint density at radius 2 is 1.93 bits per heavy atom. The molecule has 14 heteroatoms.